The molecule has 2 N–H and O–H groups in total. The second-order valence-electron chi connectivity index (χ2n) is 4.82. The molecule has 0 saturated carbocycles. The Morgan fingerprint density at radius 1 is 1.10 bits per heavy atom. The minimum Gasteiger partial charge on any atom is -0.496 e. The predicted molar refractivity (Wildman–Crippen MR) is 87.7 cm³/mol. The van der Waals surface area contributed by atoms with Crippen molar-refractivity contribution in [1.82, 2.24) is 0 Å². The number of rotatable bonds is 3. The summed E-state index contributed by atoms with van der Waals surface area (Å²) in [6.45, 7) is 4.05. The molecule has 0 aromatic heterocycles. The van der Waals surface area contributed by atoms with Gasteiger partial charge in [-0.2, -0.15) is 0 Å². The average Bonchev–Trinajstić information content (AvgIpc) is 2.43. The van der Waals surface area contributed by atoms with Gasteiger partial charge in [0.25, 0.3) is 0 Å². The highest BCUT2D eigenvalue weighted by Gasteiger charge is 2.17. The molecule has 2 nitrogen and oxygen atoms in total. The molecule has 1 atom stereocenters. The number of hydrogen-bond donors (Lipinski definition) is 1. The van der Waals surface area contributed by atoms with Gasteiger partial charge >= 0.3 is 0 Å². The van der Waals surface area contributed by atoms with Crippen molar-refractivity contribution in [2.75, 3.05) is 7.11 Å². The van der Waals surface area contributed by atoms with Crippen molar-refractivity contribution in [3.63, 3.8) is 0 Å². The Morgan fingerprint density at radius 3 is 2.45 bits per heavy atom. The van der Waals surface area contributed by atoms with Crippen molar-refractivity contribution in [3.8, 4) is 5.75 Å². The third-order valence-electron chi connectivity index (χ3n) is 3.42. The highest BCUT2D eigenvalue weighted by molar-refractivity contribution is 9.10. The van der Waals surface area contributed by atoms with Crippen LogP contribution in [0.5, 0.6) is 5.75 Å². The molecule has 0 aliphatic rings. The van der Waals surface area contributed by atoms with Crippen LogP contribution in [0.15, 0.2) is 34.8 Å². The topological polar surface area (TPSA) is 35.2 Å². The van der Waals surface area contributed by atoms with E-state index in [0.29, 0.717) is 5.02 Å². The molecule has 0 heterocycles. The number of aryl methyl sites for hydroxylation is 2. The smallest absolute Gasteiger partial charge is 0.124 e. The van der Waals surface area contributed by atoms with Gasteiger partial charge in [-0.05, 0) is 54.8 Å². The van der Waals surface area contributed by atoms with E-state index in [1.54, 1.807) is 7.11 Å². The lowest BCUT2D eigenvalue weighted by molar-refractivity contribution is 0.407. The molecule has 2 rings (SSSR count). The van der Waals surface area contributed by atoms with Gasteiger partial charge in [-0.1, -0.05) is 33.6 Å². The number of hydrogen-bond acceptors (Lipinski definition) is 2. The Bertz CT molecular complexity index is 643. The first-order chi connectivity index (χ1) is 9.43. The van der Waals surface area contributed by atoms with Crippen LogP contribution in [0.1, 0.15) is 28.3 Å². The van der Waals surface area contributed by atoms with Crippen LogP contribution in [-0.2, 0) is 0 Å². The molecule has 0 spiro atoms. The van der Waals surface area contributed by atoms with E-state index < -0.39 is 0 Å². The average molecular weight is 355 g/mol. The van der Waals surface area contributed by atoms with Gasteiger partial charge in [0.2, 0.25) is 0 Å². The van der Waals surface area contributed by atoms with Crippen molar-refractivity contribution in [1.29, 1.82) is 0 Å². The van der Waals surface area contributed by atoms with E-state index in [2.05, 4.69) is 15.9 Å². The fourth-order valence-corrected chi connectivity index (χ4v) is 2.75. The normalized spacial score (nSPS) is 12.3. The van der Waals surface area contributed by atoms with Crippen LogP contribution in [-0.4, -0.2) is 7.11 Å². The van der Waals surface area contributed by atoms with Gasteiger partial charge in [-0.25, -0.2) is 0 Å². The summed E-state index contributed by atoms with van der Waals surface area (Å²) in [5.74, 6) is 0.789. The van der Waals surface area contributed by atoms with Gasteiger partial charge in [-0.3, -0.25) is 0 Å². The lowest BCUT2D eigenvalue weighted by Gasteiger charge is -2.19. The van der Waals surface area contributed by atoms with Gasteiger partial charge in [-0.15, -0.1) is 0 Å². The molecule has 0 aliphatic carbocycles. The molecule has 0 amide bonds. The van der Waals surface area contributed by atoms with Gasteiger partial charge in [0.05, 0.1) is 13.2 Å². The monoisotopic (exact) mass is 353 g/mol. The number of halogens is 2. The first-order valence-electron chi connectivity index (χ1n) is 6.29. The van der Waals surface area contributed by atoms with E-state index in [0.717, 1.165) is 32.5 Å². The van der Waals surface area contributed by atoms with Crippen LogP contribution in [0, 0.1) is 13.8 Å². The van der Waals surface area contributed by atoms with Crippen molar-refractivity contribution in [3.05, 3.63) is 62.1 Å². The summed E-state index contributed by atoms with van der Waals surface area (Å²) >= 11 is 9.63. The second kappa shape index (κ2) is 6.17. The first kappa shape index (κ1) is 15.4. The minimum absolute atomic E-state index is 0.277. The summed E-state index contributed by atoms with van der Waals surface area (Å²) in [6.07, 6.45) is 0. The highest BCUT2D eigenvalue weighted by Crippen LogP contribution is 2.34. The van der Waals surface area contributed by atoms with E-state index in [1.807, 2.05) is 44.2 Å². The third-order valence-corrected chi connectivity index (χ3v) is 4.51. The van der Waals surface area contributed by atoms with Gasteiger partial charge < -0.3 is 10.5 Å². The van der Waals surface area contributed by atoms with Crippen molar-refractivity contribution in [2.45, 2.75) is 19.9 Å². The molecule has 0 aliphatic heterocycles. The van der Waals surface area contributed by atoms with Crippen LogP contribution < -0.4 is 10.5 Å². The zero-order valence-corrected chi connectivity index (χ0v) is 14.0. The molecule has 0 bridgehead atoms. The fraction of sp³-hybridized carbons (Fsp3) is 0.250. The third kappa shape index (κ3) is 3.00. The molecular weight excluding hydrogens is 338 g/mol. The van der Waals surface area contributed by atoms with Crippen LogP contribution in [0.4, 0.5) is 0 Å². The van der Waals surface area contributed by atoms with E-state index in [4.69, 9.17) is 22.1 Å². The van der Waals surface area contributed by atoms with Crippen molar-refractivity contribution in [2.24, 2.45) is 5.73 Å². The molecule has 0 saturated heterocycles. The molecule has 2 aromatic rings. The standard InChI is InChI=1S/C16H17BrClNO/c1-9-4-5-11(18)7-12(9)16(19)13-8-14(17)10(2)6-15(13)20-3/h4-8,16H,19H2,1-3H3. The molecule has 0 radical (unpaired) electrons. The maximum absolute atomic E-state index is 6.42. The van der Waals surface area contributed by atoms with E-state index in [-0.39, 0.29) is 6.04 Å². The molecule has 4 heteroatoms. The summed E-state index contributed by atoms with van der Waals surface area (Å²) in [4.78, 5) is 0. The Hall–Kier alpha value is -1.03. The molecule has 0 fully saturated rings. The lowest BCUT2D eigenvalue weighted by atomic mass is 9.94. The number of benzene rings is 2. The van der Waals surface area contributed by atoms with Gasteiger partial charge in [0.15, 0.2) is 0 Å². The molecular formula is C16H17BrClNO. The number of methoxy groups -OCH3 is 1. The van der Waals surface area contributed by atoms with Crippen LogP contribution >= 0.6 is 27.5 Å². The zero-order chi connectivity index (χ0) is 14.9. The van der Waals surface area contributed by atoms with Crippen LogP contribution in [0.25, 0.3) is 0 Å². The molecule has 20 heavy (non-hydrogen) atoms. The maximum atomic E-state index is 6.42. The first-order valence-corrected chi connectivity index (χ1v) is 7.46. The summed E-state index contributed by atoms with van der Waals surface area (Å²) < 4.78 is 6.48. The van der Waals surface area contributed by atoms with E-state index in [1.165, 1.54) is 0 Å². The minimum atomic E-state index is -0.277. The summed E-state index contributed by atoms with van der Waals surface area (Å²) in [5.41, 5.74) is 10.6. The van der Waals surface area contributed by atoms with Crippen molar-refractivity contribution >= 4 is 27.5 Å². The Labute approximate surface area is 133 Å². The Balaban J connectivity index is 2.55. The molecule has 106 valence electrons. The van der Waals surface area contributed by atoms with Gasteiger partial charge in [0, 0.05) is 15.1 Å². The molecule has 2 aromatic carbocycles. The highest BCUT2D eigenvalue weighted by atomic mass is 79.9. The maximum Gasteiger partial charge on any atom is 0.124 e. The summed E-state index contributed by atoms with van der Waals surface area (Å²) in [5, 5.41) is 0.686. The zero-order valence-electron chi connectivity index (χ0n) is 11.7. The SMILES string of the molecule is COc1cc(C)c(Br)cc1C(N)c1cc(Cl)ccc1C. The summed E-state index contributed by atoms with van der Waals surface area (Å²) in [6, 6.07) is 9.48. The Morgan fingerprint density at radius 2 is 1.80 bits per heavy atom. The van der Waals surface area contributed by atoms with E-state index >= 15 is 0 Å². The van der Waals surface area contributed by atoms with Crippen molar-refractivity contribution < 1.29 is 4.74 Å². The lowest BCUT2D eigenvalue weighted by Crippen LogP contribution is -2.14. The summed E-state index contributed by atoms with van der Waals surface area (Å²) in [7, 11) is 1.66. The van der Waals surface area contributed by atoms with Crippen LogP contribution in [0.2, 0.25) is 5.02 Å². The Kier molecular flexibility index (Phi) is 4.74. The van der Waals surface area contributed by atoms with Crippen LogP contribution in [0.3, 0.4) is 0 Å². The van der Waals surface area contributed by atoms with E-state index in [9.17, 15) is 0 Å². The number of nitrogens with two attached hydrogens (primary N) is 1. The molecule has 1 unspecified atom stereocenters. The number of ether oxygens (including phenoxy) is 1. The predicted octanol–water partition coefficient (Wildman–Crippen LogP) is 4.78. The second-order valence-corrected chi connectivity index (χ2v) is 6.11. The quantitative estimate of drug-likeness (QED) is 0.861. The van der Waals surface area contributed by atoms with Gasteiger partial charge in [0.1, 0.15) is 5.75 Å². The largest absolute Gasteiger partial charge is 0.496 e. The fourth-order valence-electron chi connectivity index (χ4n) is 2.20.